The van der Waals surface area contributed by atoms with Gasteiger partial charge in [0.1, 0.15) is 0 Å². The number of sulfonamides is 1. The molecule has 2 rings (SSSR count). The molecule has 0 bridgehead atoms. The smallest absolute Gasteiger partial charge is 0.316 e. The molecule has 0 amide bonds. The molecule has 8 heteroatoms. The molecule has 1 aliphatic heterocycles. The minimum atomic E-state index is -4.48. The lowest BCUT2D eigenvalue weighted by atomic mass is 9.97. The molecule has 1 heterocycles. The summed E-state index contributed by atoms with van der Waals surface area (Å²) in [6.07, 6.45) is -3.83. The Balaban J connectivity index is 2.26. The van der Waals surface area contributed by atoms with E-state index < -0.39 is 21.8 Å². The molecule has 22 heavy (non-hydrogen) atoms. The van der Waals surface area contributed by atoms with E-state index in [1.807, 2.05) is 6.92 Å². The molecule has 0 aliphatic carbocycles. The van der Waals surface area contributed by atoms with Crippen LogP contribution in [-0.4, -0.2) is 27.5 Å². The summed E-state index contributed by atoms with van der Waals surface area (Å²) < 4.78 is 65.4. The molecule has 0 spiro atoms. The number of rotatable bonds is 3. The average molecular weight is 336 g/mol. The highest BCUT2D eigenvalue weighted by atomic mass is 32.2. The Kier molecular flexibility index (Phi) is 4.84. The van der Waals surface area contributed by atoms with Crippen LogP contribution in [0, 0.1) is 12.8 Å². The predicted octanol–water partition coefficient (Wildman–Crippen LogP) is 2.29. The molecule has 0 saturated carbocycles. The second-order valence-corrected chi connectivity index (χ2v) is 7.36. The highest BCUT2D eigenvalue weighted by Crippen LogP contribution is 2.31. The standard InChI is InChI=1S/C14H19F3N2O2S/c1-9-7-11(14(15,16)17)3-4-13(9)22(20,21)19-12-5-6-18-8-10(12)2/h3-4,7,10,12,18-19H,5-6,8H2,1-2H3. The largest absolute Gasteiger partial charge is 0.416 e. The van der Waals surface area contributed by atoms with Crippen LogP contribution < -0.4 is 10.0 Å². The first-order valence-corrected chi connectivity index (χ1v) is 8.50. The SMILES string of the molecule is Cc1cc(C(F)(F)F)ccc1S(=O)(=O)NC1CCNCC1C. The van der Waals surface area contributed by atoms with E-state index in [1.54, 1.807) is 0 Å². The lowest BCUT2D eigenvalue weighted by Crippen LogP contribution is -2.48. The molecule has 124 valence electrons. The molecule has 1 aromatic carbocycles. The minimum absolute atomic E-state index is 0.0870. The Bertz CT molecular complexity index is 644. The molecule has 1 aromatic rings. The number of hydrogen-bond acceptors (Lipinski definition) is 3. The Morgan fingerprint density at radius 2 is 2.00 bits per heavy atom. The first kappa shape index (κ1) is 17.2. The van der Waals surface area contributed by atoms with Crippen LogP contribution in [-0.2, 0) is 16.2 Å². The summed E-state index contributed by atoms with van der Waals surface area (Å²) in [5.41, 5.74) is -0.761. The van der Waals surface area contributed by atoms with Crippen LogP contribution in [0.25, 0.3) is 0 Å². The third-order valence-corrected chi connectivity index (χ3v) is 5.53. The van der Waals surface area contributed by atoms with Gasteiger partial charge in [0.05, 0.1) is 10.5 Å². The van der Waals surface area contributed by atoms with Crippen molar-refractivity contribution in [1.29, 1.82) is 0 Å². The molecular weight excluding hydrogens is 317 g/mol. The second kappa shape index (κ2) is 6.17. The van der Waals surface area contributed by atoms with Crippen molar-refractivity contribution in [1.82, 2.24) is 10.0 Å². The van der Waals surface area contributed by atoms with Gasteiger partial charge < -0.3 is 5.32 Å². The van der Waals surface area contributed by atoms with Gasteiger partial charge in [-0.25, -0.2) is 13.1 Å². The third-order valence-electron chi connectivity index (χ3n) is 3.88. The fraction of sp³-hybridized carbons (Fsp3) is 0.571. The van der Waals surface area contributed by atoms with Crippen LogP contribution in [0.5, 0.6) is 0 Å². The number of piperidine rings is 1. The van der Waals surface area contributed by atoms with Crippen molar-refractivity contribution in [2.24, 2.45) is 5.92 Å². The van der Waals surface area contributed by atoms with E-state index in [4.69, 9.17) is 0 Å². The molecule has 1 saturated heterocycles. The summed E-state index contributed by atoms with van der Waals surface area (Å²) in [6.45, 7) is 4.72. The van der Waals surface area contributed by atoms with Gasteiger partial charge in [0.2, 0.25) is 10.0 Å². The van der Waals surface area contributed by atoms with Gasteiger partial charge in [-0.15, -0.1) is 0 Å². The normalized spacial score (nSPS) is 23.5. The van der Waals surface area contributed by atoms with Crippen molar-refractivity contribution >= 4 is 10.0 Å². The summed E-state index contributed by atoms with van der Waals surface area (Å²) in [5, 5.41) is 3.17. The fourth-order valence-corrected chi connectivity index (χ4v) is 4.18. The van der Waals surface area contributed by atoms with E-state index >= 15 is 0 Å². The summed E-state index contributed by atoms with van der Waals surface area (Å²) in [4.78, 5) is -0.105. The maximum atomic E-state index is 12.6. The van der Waals surface area contributed by atoms with Gasteiger partial charge in [0.15, 0.2) is 0 Å². The second-order valence-electron chi connectivity index (χ2n) is 5.68. The Morgan fingerprint density at radius 3 is 2.55 bits per heavy atom. The monoisotopic (exact) mass is 336 g/mol. The number of nitrogens with one attached hydrogen (secondary N) is 2. The number of benzene rings is 1. The molecule has 2 N–H and O–H groups in total. The van der Waals surface area contributed by atoms with Crippen LogP contribution in [0.4, 0.5) is 13.2 Å². The van der Waals surface area contributed by atoms with E-state index in [-0.39, 0.29) is 22.4 Å². The number of halogens is 3. The Morgan fingerprint density at radius 1 is 1.32 bits per heavy atom. The lowest BCUT2D eigenvalue weighted by Gasteiger charge is -2.30. The van der Waals surface area contributed by atoms with E-state index in [0.717, 1.165) is 18.2 Å². The van der Waals surface area contributed by atoms with E-state index in [2.05, 4.69) is 10.0 Å². The first-order valence-electron chi connectivity index (χ1n) is 7.02. The van der Waals surface area contributed by atoms with E-state index in [9.17, 15) is 21.6 Å². The van der Waals surface area contributed by atoms with Gasteiger partial charge in [0, 0.05) is 6.04 Å². The lowest BCUT2D eigenvalue weighted by molar-refractivity contribution is -0.137. The van der Waals surface area contributed by atoms with Crippen LogP contribution in [0.1, 0.15) is 24.5 Å². The van der Waals surface area contributed by atoms with Gasteiger partial charge in [-0.05, 0) is 56.1 Å². The summed E-state index contributed by atoms with van der Waals surface area (Å²) >= 11 is 0. The summed E-state index contributed by atoms with van der Waals surface area (Å²) in [6, 6.07) is 2.47. The van der Waals surface area contributed by atoms with E-state index in [1.165, 1.54) is 6.92 Å². The quantitative estimate of drug-likeness (QED) is 0.890. The van der Waals surface area contributed by atoms with Gasteiger partial charge in [0.25, 0.3) is 0 Å². The van der Waals surface area contributed by atoms with Crippen molar-refractivity contribution in [3.05, 3.63) is 29.3 Å². The minimum Gasteiger partial charge on any atom is -0.316 e. The zero-order valence-corrected chi connectivity index (χ0v) is 13.2. The molecule has 1 aliphatic rings. The van der Waals surface area contributed by atoms with Gasteiger partial charge in [-0.3, -0.25) is 0 Å². The summed E-state index contributed by atoms with van der Waals surface area (Å²) in [7, 11) is -3.83. The maximum Gasteiger partial charge on any atom is 0.416 e. The molecule has 1 fully saturated rings. The van der Waals surface area contributed by atoms with Crippen LogP contribution in [0.3, 0.4) is 0 Å². The van der Waals surface area contributed by atoms with Crippen LogP contribution in [0.2, 0.25) is 0 Å². The molecule has 0 aromatic heterocycles. The molecular formula is C14H19F3N2O2S. The number of hydrogen-bond donors (Lipinski definition) is 2. The highest BCUT2D eigenvalue weighted by molar-refractivity contribution is 7.89. The topological polar surface area (TPSA) is 58.2 Å². The van der Waals surface area contributed by atoms with Crippen molar-refractivity contribution in [3.63, 3.8) is 0 Å². The van der Waals surface area contributed by atoms with Crippen molar-refractivity contribution < 1.29 is 21.6 Å². The fourth-order valence-electron chi connectivity index (χ4n) is 2.58. The third kappa shape index (κ3) is 3.80. The van der Waals surface area contributed by atoms with Crippen LogP contribution in [0.15, 0.2) is 23.1 Å². The van der Waals surface area contributed by atoms with Crippen molar-refractivity contribution in [2.75, 3.05) is 13.1 Å². The highest BCUT2D eigenvalue weighted by Gasteiger charge is 2.32. The van der Waals surface area contributed by atoms with Crippen molar-refractivity contribution in [2.45, 2.75) is 37.4 Å². The first-order chi connectivity index (χ1) is 10.1. The summed E-state index contributed by atoms with van der Waals surface area (Å²) in [5.74, 6) is 0.123. The van der Waals surface area contributed by atoms with E-state index in [0.29, 0.717) is 19.5 Å². The molecule has 4 nitrogen and oxygen atoms in total. The van der Waals surface area contributed by atoms with Crippen molar-refractivity contribution in [3.8, 4) is 0 Å². The molecule has 2 atom stereocenters. The predicted molar refractivity (Wildman–Crippen MR) is 76.9 cm³/mol. The zero-order chi connectivity index (χ0) is 16.5. The molecule has 0 radical (unpaired) electrons. The van der Waals surface area contributed by atoms with Gasteiger partial charge in [-0.1, -0.05) is 6.92 Å². The molecule has 2 unspecified atom stereocenters. The Hall–Kier alpha value is -1.12. The zero-order valence-electron chi connectivity index (χ0n) is 12.4. The number of alkyl halides is 3. The number of aryl methyl sites for hydroxylation is 1. The van der Waals surface area contributed by atoms with Gasteiger partial charge in [-0.2, -0.15) is 13.2 Å². The van der Waals surface area contributed by atoms with Gasteiger partial charge >= 0.3 is 6.18 Å². The average Bonchev–Trinajstić information content (AvgIpc) is 2.40. The maximum absolute atomic E-state index is 12.6. The van der Waals surface area contributed by atoms with Crippen LogP contribution >= 0.6 is 0 Å². The Labute approximate surface area is 128 Å².